The summed E-state index contributed by atoms with van der Waals surface area (Å²) in [6.07, 6.45) is 2.62. The number of hydrogen-bond donors (Lipinski definition) is 1. The molecule has 5 rings (SSSR count). The number of rotatable bonds is 4. The van der Waals surface area contributed by atoms with Gasteiger partial charge in [0, 0.05) is 44.0 Å². The Bertz CT molecular complexity index is 1260. The van der Waals surface area contributed by atoms with Gasteiger partial charge in [0.1, 0.15) is 11.4 Å². The van der Waals surface area contributed by atoms with Crippen LogP contribution < -0.4 is 10.9 Å². The van der Waals surface area contributed by atoms with Crippen molar-refractivity contribution in [3.63, 3.8) is 0 Å². The van der Waals surface area contributed by atoms with E-state index in [0.29, 0.717) is 43.1 Å². The van der Waals surface area contributed by atoms with Gasteiger partial charge in [-0.15, -0.1) is 0 Å². The third kappa shape index (κ3) is 3.76. The highest BCUT2D eigenvalue weighted by atomic mass is 16.2. The average Bonchev–Trinajstić information content (AvgIpc) is 2.84. The van der Waals surface area contributed by atoms with E-state index in [9.17, 15) is 9.59 Å². The number of piperidine rings is 1. The maximum atomic E-state index is 13.2. The van der Waals surface area contributed by atoms with Crippen molar-refractivity contribution < 1.29 is 4.79 Å². The number of benzene rings is 1. The minimum atomic E-state index is -0.0472. The lowest BCUT2D eigenvalue weighted by Crippen LogP contribution is -2.49. The molecule has 32 heavy (non-hydrogen) atoms. The summed E-state index contributed by atoms with van der Waals surface area (Å²) in [4.78, 5) is 32.2. The molecule has 7 heteroatoms. The van der Waals surface area contributed by atoms with Crippen LogP contribution in [0.4, 0.5) is 5.69 Å². The van der Waals surface area contributed by atoms with E-state index < -0.39 is 0 Å². The number of carbonyl (C=O) groups excluding carboxylic acids is 1. The summed E-state index contributed by atoms with van der Waals surface area (Å²) in [6, 6.07) is 18.7. The molecule has 7 nitrogen and oxygen atoms in total. The van der Waals surface area contributed by atoms with Crippen molar-refractivity contribution >= 4 is 11.6 Å². The Morgan fingerprint density at radius 2 is 2.03 bits per heavy atom. The van der Waals surface area contributed by atoms with E-state index in [4.69, 9.17) is 5.26 Å². The predicted molar refractivity (Wildman–Crippen MR) is 120 cm³/mol. The van der Waals surface area contributed by atoms with E-state index in [2.05, 4.69) is 16.4 Å². The van der Waals surface area contributed by atoms with Gasteiger partial charge in [-0.05, 0) is 54.3 Å². The van der Waals surface area contributed by atoms with Crippen molar-refractivity contribution in [2.45, 2.75) is 25.4 Å². The molecule has 2 aliphatic rings. The van der Waals surface area contributed by atoms with Crippen LogP contribution in [0.15, 0.2) is 65.6 Å². The predicted octanol–water partition coefficient (Wildman–Crippen LogP) is 2.99. The molecule has 2 atom stereocenters. The van der Waals surface area contributed by atoms with Crippen molar-refractivity contribution in [3.8, 4) is 6.07 Å². The minimum Gasteiger partial charge on any atom is -0.377 e. The van der Waals surface area contributed by atoms with Gasteiger partial charge in [0.15, 0.2) is 0 Å². The molecule has 0 saturated carbocycles. The van der Waals surface area contributed by atoms with Gasteiger partial charge in [-0.25, -0.2) is 0 Å². The topological polar surface area (TPSA) is 91.0 Å². The first-order valence-corrected chi connectivity index (χ1v) is 10.8. The Hall–Kier alpha value is -3.92. The molecular formula is C25H23N5O2. The smallest absolute Gasteiger partial charge is 0.274 e. The van der Waals surface area contributed by atoms with Crippen molar-refractivity contribution in [2.24, 2.45) is 5.92 Å². The molecule has 1 fully saturated rings. The first-order valence-electron chi connectivity index (χ1n) is 10.8. The SMILES string of the molecule is N#Cc1cccc(CNc2ccc3n(c2=O)C[C@H]2C[C@@H]3CN(C(=O)c3ccccn3)C2)c1. The van der Waals surface area contributed by atoms with Crippen LogP contribution in [0.5, 0.6) is 0 Å². The molecule has 0 spiro atoms. The monoisotopic (exact) mass is 425 g/mol. The maximum Gasteiger partial charge on any atom is 0.274 e. The van der Waals surface area contributed by atoms with Crippen molar-refractivity contribution in [2.75, 3.05) is 18.4 Å². The molecule has 1 N–H and O–H groups in total. The van der Waals surface area contributed by atoms with E-state index in [1.807, 2.05) is 45.9 Å². The van der Waals surface area contributed by atoms with Crippen LogP contribution in [-0.2, 0) is 13.1 Å². The fourth-order valence-electron chi connectivity index (χ4n) is 4.85. The summed E-state index contributed by atoms with van der Waals surface area (Å²) in [7, 11) is 0. The van der Waals surface area contributed by atoms with Gasteiger partial charge >= 0.3 is 0 Å². The first-order chi connectivity index (χ1) is 15.6. The number of nitriles is 1. The summed E-state index contributed by atoms with van der Waals surface area (Å²) < 4.78 is 1.87. The molecule has 2 aromatic heterocycles. The van der Waals surface area contributed by atoms with Crippen LogP contribution >= 0.6 is 0 Å². The Kier molecular flexibility index (Phi) is 5.20. The van der Waals surface area contributed by atoms with Crippen molar-refractivity contribution in [3.05, 3.63) is 93.7 Å². The number of fused-ring (bicyclic) bond motifs is 4. The van der Waals surface area contributed by atoms with E-state index >= 15 is 0 Å². The van der Waals surface area contributed by atoms with Crippen LogP contribution in [0.3, 0.4) is 0 Å². The molecule has 3 aromatic rings. The largest absolute Gasteiger partial charge is 0.377 e. The molecule has 1 aromatic carbocycles. The fraction of sp³-hybridized carbons (Fsp3) is 0.280. The number of likely N-dealkylation sites (tertiary alicyclic amines) is 1. The number of hydrogen-bond acceptors (Lipinski definition) is 5. The standard InChI is InChI=1S/C25H23N5O2/c26-12-17-4-3-5-18(10-17)13-28-22-7-8-23-20-11-19(15-30(23)25(22)32)14-29(16-20)24(31)21-6-1-2-9-27-21/h1-10,19-20,28H,11,13-16H2/t19-,20+/m0/s1. The number of aromatic nitrogens is 2. The van der Waals surface area contributed by atoms with Crippen LogP contribution in [-0.4, -0.2) is 33.4 Å². The summed E-state index contributed by atoms with van der Waals surface area (Å²) in [5.74, 6) is 0.340. The number of nitrogens with one attached hydrogen (secondary N) is 1. The summed E-state index contributed by atoms with van der Waals surface area (Å²) in [5, 5.41) is 12.3. The fourth-order valence-corrected chi connectivity index (χ4v) is 4.85. The third-order valence-electron chi connectivity index (χ3n) is 6.31. The normalized spacial score (nSPS) is 19.0. The Labute approximate surface area is 185 Å². The highest BCUT2D eigenvalue weighted by molar-refractivity contribution is 5.92. The van der Waals surface area contributed by atoms with Crippen molar-refractivity contribution in [1.29, 1.82) is 5.26 Å². The second-order valence-electron chi connectivity index (χ2n) is 8.48. The Morgan fingerprint density at radius 3 is 2.84 bits per heavy atom. The van der Waals surface area contributed by atoms with E-state index in [0.717, 1.165) is 17.7 Å². The third-order valence-corrected chi connectivity index (χ3v) is 6.31. The molecule has 1 amide bonds. The molecular weight excluding hydrogens is 402 g/mol. The molecule has 0 aliphatic carbocycles. The van der Waals surface area contributed by atoms with Gasteiger partial charge in [-0.2, -0.15) is 5.26 Å². The quantitative estimate of drug-likeness (QED) is 0.694. The summed E-state index contributed by atoms with van der Waals surface area (Å²) >= 11 is 0. The maximum absolute atomic E-state index is 13.2. The van der Waals surface area contributed by atoms with E-state index in [1.165, 1.54) is 0 Å². The zero-order valence-electron chi connectivity index (χ0n) is 17.6. The number of pyridine rings is 2. The van der Waals surface area contributed by atoms with Crippen LogP contribution in [0.1, 0.15) is 39.6 Å². The highest BCUT2D eigenvalue weighted by Crippen LogP contribution is 2.35. The summed E-state index contributed by atoms with van der Waals surface area (Å²) in [5.41, 5.74) is 3.53. The second-order valence-corrected chi connectivity index (χ2v) is 8.48. The highest BCUT2D eigenvalue weighted by Gasteiger charge is 2.37. The molecule has 4 heterocycles. The van der Waals surface area contributed by atoms with Crippen molar-refractivity contribution in [1.82, 2.24) is 14.5 Å². The molecule has 1 saturated heterocycles. The van der Waals surface area contributed by atoms with E-state index in [1.54, 1.807) is 24.4 Å². The number of nitrogens with zero attached hydrogens (tertiary/aromatic N) is 4. The summed E-state index contributed by atoms with van der Waals surface area (Å²) in [6.45, 7) is 2.31. The lowest BCUT2D eigenvalue weighted by molar-refractivity contribution is 0.0589. The van der Waals surface area contributed by atoms with Crippen LogP contribution in [0.2, 0.25) is 0 Å². The van der Waals surface area contributed by atoms with Gasteiger partial charge < -0.3 is 14.8 Å². The Balaban J connectivity index is 1.35. The number of amides is 1. The zero-order valence-corrected chi connectivity index (χ0v) is 17.6. The first kappa shape index (κ1) is 20.0. The molecule has 160 valence electrons. The molecule has 2 bridgehead atoms. The number of anilines is 1. The molecule has 0 unspecified atom stereocenters. The van der Waals surface area contributed by atoms with Crippen LogP contribution in [0, 0.1) is 17.2 Å². The minimum absolute atomic E-state index is 0.0295. The van der Waals surface area contributed by atoms with Gasteiger partial charge in [-0.1, -0.05) is 18.2 Å². The average molecular weight is 425 g/mol. The van der Waals surface area contributed by atoms with Gasteiger partial charge in [0.2, 0.25) is 0 Å². The van der Waals surface area contributed by atoms with Gasteiger partial charge in [0.05, 0.1) is 11.6 Å². The second kappa shape index (κ2) is 8.31. The zero-order chi connectivity index (χ0) is 22.1. The Morgan fingerprint density at radius 1 is 1.12 bits per heavy atom. The lowest BCUT2D eigenvalue weighted by atomic mass is 9.83. The number of carbonyl (C=O) groups is 1. The van der Waals surface area contributed by atoms with Gasteiger partial charge in [-0.3, -0.25) is 14.6 Å². The molecule has 2 aliphatic heterocycles. The van der Waals surface area contributed by atoms with E-state index in [-0.39, 0.29) is 23.3 Å². The van der Waals surface area contributed by atoms with Crippen LogP contribution in [0.25, 0.3) is 0 Å². The van der Waals surface area contributed by atoms with Gasteiger partial charge in [0.25, 0.3) is 11.5 Å². The lowest BCUT2D eigenvalue weighted by Gasteiger charge is -2.42. The molecule has 0 radical (unpaired) electrons.